The summed E-state index contributed by atoms with van der Waals surface area (Å²) in [6.07, 6.45) is -16.9. The molecule has 0 radical (unpaired) electrons. The van der Waals surface area contributed by atoms with Crippen molar-refractivity contribution in [2.45, 2.75) is 80.2 Å². The fraction of sp³-hybridized carbons (Fsp3) is 0.447. The molecule has 0 saturated carbocycles. The van der Waals surface area contributed by atoms with Gasteiger partial charge in [-0.05, 0) is 17.7 Å². The highest BCUT2D eigenvalue weighted by Crippen LogP contribution is 2.63. The number of nitrogen functional groups attached to an aromatic ring is 3. The van der Waals surface area contributed by atoms with Gasteiger partial charge in [0.2, 0.25) is 17.7 Å². The molecule has 1 aromatic carbocycles. The first kappa shape index (κ1) is 59.5. The number of fused-ring (bicyclic) bond motifs is 3. The number of aliphatic hydroxyl groups is 4. The zero-order valence-corrected chi connectivity index (χ0v) is 45.5. The van der Waals surface area contributed by atoms with Gasteiger partial charge in [0.1, 0.15) is 66.8 Å². The lowest BCUT2D eigenvalue weighted by Gasteiger charge is -2.35. The number of ether oxygens (including phenoxy) is 4. The van der Waals surface area contributed by atoms with Crippen LogP contribution in [0.25, 0.3) is 33.5 Å². The lowest BCUT2D eigenvalue weighted by atomic mass is 10.1. The summed E-state index contributed by atoms with van der Waals surface area (Å²) in [4.78, 5) is 106. The van der Waals surface area contributed by atoms with Gasteiger partial charge in [0, 0.05) is 12.1 Å². The first-order chi connectivity index (χ1) is 38.6. The van der Waals surface area contributed by atoms with E-state index in [1.165, 1.54) is 10.9 Å². The number of methoxy groups -OCH3 is 1. The van der Waals surface area contributed by atoms with Crippen molar-refractivity contribution in [2.75, 3.05) is 44.1 Å². The highest BCUT2D eigenvalue weighted by molar-refractivity contribution is 7.65. The summed E-state index contributed by atoms with van der Waals surface area (Å²) in [5.74, 6) is -0.814. The molecule has 44 heteroatoms. The largest absolute Gasteiger partial charge is 0.756 e. The van der Waals surface area contributed by atoms with E-state index >= 15 is 0 Å². The van der Waals surface area contributed by atoms with Crippen LogP contribution in [0.4, 0.5) is 17.7 Å². The molecule has 3 aliphatic heterocycles. The monoisotopic (exact) mass is 1250 g/mol. The quantitative estimate of drug-likeness (QED) is 0.0240. The second-order valence-corrected chi connectivity index (χ2v) is 24.3. The van der Waals surface area contributed by atoms with Crippen molar-refractivity contribution in [2.24, 2.45) is 0 Å². The van der Waals surface area contributed by atoms with Crippen LogP contribution in [0.3, 0.4) is 0 Å². The molecule has 16 atom stereocenters. The molecule has 0 amide bonds. The van der Waals surface area contributed by atoms with Gasteiger partial charge >= 0.3 is 5.65 Å². The number of aliphatic hydroxyl groups excluding tert-OH is 4. The number of hydrogen-bond acceptors (Lipinski definition) is 33. The maximum absolute atomic E-state index is 13.6. The third-order valence-electron chi connectivity index (χ3n) is 12.7. The smallest absolute Gasteiger partial charge is 0.313 e. The Labute approximate surface area is 460 Å². The number of nitrogens with zero attached hydrogens (tertiary/aromatic N) is 10. The SMILES string of the molecule is COC1C(OP(=O)([O-])OCC2OC(n3cnc4c(=O)[nH]c(N)nc43)C(O)C2O)C(COP(=O)([O-])OP(=O)([O-])OP(=O)([O-])OCC2OC([n+]3cn(Cc4ccc(Cl)cc4)c4c(=O)[nH]c(N)nc43)C(O)C2O)OC1n1cnc2c(N)ncnc21. The van der Waals surface area contributed by atoms with Gasteiger partial charge in [-0.15, -0.1) is 0 Å². The molecule has 6 aromatic heterocycles. The molecule has 0 aliphatic carbocycles. The third kappa shape index (κ3) is 12.2. The first-order valence-electron chi connectivity index (χ1n) is 23.3. The van der Waals surface area contributed by atoms with E-state index in [4.69, 9.17) is 61.3 Å². The van der Waals surface area contributed by atoms with Crippen LogP contribution in [0.2, 0.25) is 5.02 Å². The van der Waals surface area contributed by atoms with Gasteiger partial charge in [-0.2, -0.15) is 4.98 Å². The van der Waals surface area contributed by atoms with E-state index in [1.54, 1.807) is 24.3 Å². The molecular weight excluding hydrogens is 1210 g/mol. The predicted molar refractivity (Wildman–Crippen MR) is 260 cm³/mol. The predicted octanol–water partition coefficient (Wildman–Crippen LogP) is -5.07. The number of nitrogens with two attached hydrogens (primary N) is 3. The van der Waals surface area contributed by atoms with Crippen LogP contribution in [0.15, 0.2) is 59.2 Å². The average molecular weight is 1250 g/mol. The molecule has 39 nitrogen and oxygen atoms in total. The molecule has 9 heterocycles. The van der Waals surface area contributed by atoms with E-state index in [0.29, 0.717) is 10.6 Å². The van der Waals surface area contributed by atoms with Gasteiger partial charge in [-0.25, -0.2) is 33.1 Å². The molecule has 16 unspecified atom stereocenters. The maximum Gasteiger partial charge on any atom is 0.313 e. The zero-order chi connectivity index (χ0) is 59.0. The van der Waals surface area contributed by atoms with Crippen molar-refractivity contribution < 1.29 is 108 Å². The van der Waals surface area contributed by atoms with Crippen molar-refractivity contribution in [3.63, 3.8) is 0 Å². The topological polar surface area (TPSA) is 574 Å². The lowest BCUT2D eigenvalue weighted by molar-refractivity contribution is -0.745. The number of hydrogen-bond donors (Lipinski definition) is 9. The van der Waals surface area contributed by atoms with Crippen LogP contribution in [0.5, 0.6) is 0 Å². The molecule has 12 N–H and O–H groups in total. The Morgan fingerprint density at radius 2 is 1.26 bits per heavy atom. The molecule has 3 aliphatic rings. The normalized spacial score (nSPS) is 28.9. The minimum atomic E-state index is -6.63. The van der Waals surface area contributed by atoms with Crippen LogP contribution in [-0.2, 0) is 70.5 Å². The standard InChI is InChI=1S/C38H46ClN15O24P4/c1-69-27-26(76-79(61,62)70-7-16-22(55)24(57)34(73-16)53-12-46-20-30(53)47-37(41)49-32(20)59)18(75-36(27)52-11-45-19-28(40)43-10-44-29(19)52)9-72-81(65,66)78-82(67,68)77-80(63,64)71-8-17-23(56)25(58)35(74-17)54-13-51(6-14-2-4-15(39)5-3-14)21-31(54)48-38(42)50-33(21)60/h2-5,10-13,16-18,22-27,34-36,55-58H,6-9H2,1H3,(H11-,40,41,42,43,44,47,48,49,50,59,60,61,62,63,64,65,66,67,68)/p-3. The minimum absolute atomic E-state index is 0.00529. The Balaban J connectivity index is 0.799. The fourth-order valence-corrected chi connectivity index (χ4v) is 13.5. The van der Waals surface area contributed by atoms with Crippen molar-refractivity contribution >= 4 is 94.1 Å². The number of aromatic amines is 2. The number of H-pyrrole nitrogens is 2. The second-order valence-electron chi connectivity index (χ2n) is 18.0. The van der Waals surface area contributed by atoms with Gasteiger partial charge in [0.05, 0.1) is 39.0 Å². The molecule has 0 bridgehead atoms. The molecule has 3 fully saturated rings. The van der Waals surface area contributed by atoms with Gasteiger partial charge < -0.3 is 94.2 Å². The van der Waals surface area contributed by atoms with Gasteiger partial charge in [-0.1, -0.05) is 28.7 Å². The minimum Gasteiger partial charge on any atom is -0.756 e. The molecule has 7 aromatic rings. The summed E-state index contributed by atoms with van der Waals surface area (Å²) >= 11 is 6.00. The second kappa shape index (κ2) is 22.7. The van der Waals surface area contributed by atoms with Crippen LogP contribution < -0.4 is 52.5 Å². The number of rotatable bonds is 21. The van der Waals surface area contributed by atoms with Crippen LogP contribution >= 0.6 is 42.9 Å². The number of halogens is 1. The number of anilines is 3. The number of aromatic nitrogens is 12. The Hall–Kier alpha value is -5.64. The Bertz CT molecular complexity index is 3870. The molecule has 3 saturated heterocycles. The van der Waals surface area contributed by atoms with Crippen molar-refractivity contribution in [3.8, 4) is 0 Å². The summed E-state index contributed by atoms with van der Waals surface area (Å²) in [6.45, 7) is -3.74. The van der Waals surface area contributed by atoms with E-state index < -0.39 is 136 Å². The Morgan fingerprint density at radius 1 is 0.683 bits per heavy atom. The number of phosphoric ester groups is 3. The average Bonchev–Trinajstić information content (AvgIpc) is 4.38. The van der Waals surface area contributed by atoms with Crippen LogP contribution in [-0.4, -0.2) is 156 Å². The number of imidazole rings is 3. The summed E-state index contributed by atoms with van der Waals surface area (Å²) in [6, 6.07) is 6.51. The number of nitrogens with one attached hydrogen (secondary N) is 2. The van der Waals surface area contributed by atoms with E-state index in [1.807, 2.05) is 0 Å². The van der Waals surface area contributed by atoms with E-state index in [2.05, 4.69) is 53.0 Å². The molecular formula is C38H43ClN15O24P4-3. The lowest BCUT2D eigenvalue weighted by Crippen LogP contribution is -2.46. The summed E-state index contributed by atoms with van der Waals surface area (Å²) in [7, 11) is -23.9. The third-order valence-corrected chi connectivity index (χ3v) is 18.0. The molecule has 0 spiro atoms. The first-order valence-corrected chi connectivity index (χ1v) is 29.5. The van der Waals surface area contributed by atoms with Gasteiger partial charge in [-0.3, -0.25) is 51.5 Å². The van der Waals surface area contributed by atoms with E-state index in [0.717, 1.165) is 39.8 Å². The zero-order valence-electron chi connectivity index (χ0n) is 41.2. The maximum atomic E-state index is 13.6. The molecule has 444 valence electrons. The van der Waals surface area contributed by atoms with Gasteiger partial charge in [0.15, 0.2) is 41.4 Å². The van der Waals surface area contributed by atoms with Crippen LogP contribution in [0, 0.1) is 0 Å². The fourth-order valence-electron chi connectivity index (χ4n) is 9.07. The number of phosphoric acid groups is 4. The Morgan fingerprint density at radius 3 is 1.93 bits per heavy atom. The Kier molecular flexibility index (Phi) is 16.5. The van der Waals surface area contributed by atoms with Crippen LogP contribution in [0.1, 0.15) is 24.2 Å². The van der Waals surface area contributed by atoms with Crippen molar-refractivity contribution in [1.29, 1.82) is 0 Å². The van der Waals surface area contributed by atoms with Crippen molar-refractivity contribution in [3.05, 3.63) is 80.9 Å². The van der Waals surface area contributed by atoms with Crippen molar-refractivity contribution in [1.82, 2.24) is 53.6 Å². The van der Waals surface area contributed by atoms with Gasteiger partial charge in [0.25, 0.3) is 48.4 Å². The molecule has 82 heavy (non-hydrogen) atoms. The number of benzene rings is 1. The highest BCUT2D eigenvalue weighted by Gasteiger charge is 2.51. The van der Waals surface area contributed by atoms with E-state index in [9.17, 15) is 67.8 Å². The summed E-state index contributed by atoms with van der Waals surface area (Å²) in [5, 5.41) is 44.1. The highest BCUT2D eigenvalue weighted by atomic mass is 35.5. The molecule has 10 rings (SSSR count). The summed E-state index contributed by atoms with van der Waals surface area (Å²) in [5.41, 5.74) is 15.9. The summed E-state index contributed by atoms with van der Waals surface area (Å²) < 4.78 is 108. The van der Waals surface area contributed by atoms with E-state index in [-0.39, 0.29) is 57.8 Å².